The van der Waals surface area contributed by atoms with Gasteiger partial charge in [0.05, 0.1) is 0 Å². The lowest BCUT2D eigenvalue weighted by Gasteiger charge is -2.06. The third-order valence-electron chi connectivity index (χ3n) is 2.20. The maximum atomic E-state index is 9.08. The van der Waals surface area contributed by atoms with Gasteiger partial charge in [0.2, 0.25) is 0 Å². The predicted octanol–water partition coefficient (Wildman–Crippen LogP) is 1.94. The minimum absolute atomic E-state index is 0.441. The average molecular weight is 285 g/mol. The van der Waals surface area contributed by atoms with Crippen molar-refractivity contribution in [2.75, 3.05) is 0 Å². The summed E-state index contributed by atoms with van der Waals surface area (Å²) in [5.74, 6) is 0. The van der Waals surface area contributed by atoms with E-state index in [1.807, 2.05) is 12.1 Å². The SMILES string of the molecule is OB(O)c1cc(Br)c2c(Cl)cccc2c1. The van der Waals surface area contributed by atoms with Gasteiger partial charge < -0.3 is 10.0 Å². The Labute approximate surface area is 101 Å². The summed E-state index contributed by atoms with van der Waals surface area (Å²) in [6.07, 6.45) is 0. The molecule has 5 heteroatoms. The predicted molar refractivity (Wildman–Crippen MR) is 66.5 cm³/mol. The topological polar surface area (TPSA) is 40.5 Å². The van der Waals surface area contributed by atoms with Crippen LogP contribution in [0.25, 0.3) is 10.8 Å². The van der Waals surface area contributed by atoms with Gasteiger partial charge in [-0.25, -0.2) is 0 Å². The molecule has 0 amide bonds. The minimum atomic E-state index is -1.47. The van der Waals surface area contributed by atoms with Crippen molar-refractivity contribution in [2.24, 2.45) is 0 Å². The number of halogens is 2. The molecule has 0 aliphatic carbocycles. The molecule has 0 saturated carbocycles. The number of benzene rings is 2. The third kappa shape index (κ3) is 2.03. The second-order valence-corrected chi connectivity index (χ2v) is 4.48. The van der Waals surface area contributed by atoms with E-state index in [4.69, 9.17) is 21.6 Å². The highest BCUT2D eigenvalue weighted by Crippen LogP contribution is 2.29. The maximum absolute atomic E-state index is 9.08. The lowest BCUT2D eigenvalue weighted by molar-refractivity contribution is 0.426. The lowest BCUT2D eigenvalue weighted by Crippen LogP contribution is -2.29. The average Bonchev–Trinajstić information content (AvgIpc) is 2.17. The summed E-state index contributed by atoms with van der Waals surface area (Å²) in [6.45, 7) is 0. The molecule has 2 rings (SSSR count). The van der Waals surface area contributed by atoms with Crippen LogP contribution in [-0.4, -0.2) is 17.2 Å². The molecule has 0 heterocycles. The van der Waals surface area contributed by atoms with Crippen molar-refractivity contribution in [1.82, 2.24) is 0 Å². The van der Waals surface area contributed by atoms with Gasteiger partial charge >= 0.3 is 7.12 Å². The highest BCUT2D eigenvalue weighted by Gasteiger charge is 2.14. The van der Waals surface area contributed by atoms with Crippen molar-refractivity contribution in [1.29, 1.82) is 0 Å². The van der Waals surface area contributed by atoms with Gasteiger partial charge in [-0.05, 0) is 23.0 Å². The summed E-state index contributed by atoms with van der Waals surface area (Å²) < 4.78 is 0.758. The Morgan fingerprint density at radius 1 is 1.20 bits per heavy atom. The number of hydrogen-bond donors (Lipinski definition) is 2. The van der Waals surface area contributed by atoms with Gasteiger partial charge in [0, 0.05) is 14.9 Å². The zero-order chi connectivity index (χ0) is 11.0. The second kappa shape index (κ2) is 4.14. The monoisotopic (exact) mass is 284 g/mol. The first kappa shape index (κ1) is 11.0. The van der Waals surface area contributed by atoms with Crippen LogP contribution < -0.4 is 5.46 Å². The summed E-state index contributed by atoms with van der Waals surface area (Å²) in [4.78, 5) is 0. The molecule has 0 radical (unpaired) electrons. The van der Waals surface area contributed by atoms with E-state index in [-0.39, 0.29) is 0 Å². The molecular formula is C10H7BBrClO2. The highest BCUT2D eigenvalue weighted by molar-refractivity contribution is 9.10. The van der Waals surface area contributed by atoms with Gasteiger partial charge in [0.15, 0.2) is 0 Å². The molecule has 0 aromatic heterocycles. The molecule has 0 aliphatic rings. The van der Waals surface area contributed by atoms with E-state index in [0.717, 1.165) is 15.2 Å². The van der Waals surface area contributed by atoms with Crippen molar-refractivity contribution in [3.63, 3.8) is 0 Å². The van der Waals surface area contributed by atoms with Gasteiger partial charge in [0.1, 0.15) is 0 Å². The summed E-state index contributed by atoms with van der Waals surface area (Å²) in [7, 11) is -1.47. The molecule has 2 N–H and O–H groups in total. The fourth-order valence-corrected chi connectivity index (χ4v) is 2.61. The zero-order valence-corrected chi connectivity index (χ0v) is 9.96. The van der Waals surface area contributed by atoms with Crippen molar-refractivity contribution in [3.8, 4) is 0 Å². The minimum Gasteiger partial charge on any atom is -0.423 e. The van der Waals surface area contributed by atoms with E-state index in [9.17, 15) is 0 Å². The molecule has 0 saturated heterocycles. The van der Waals surface area contributed by atoms with Crippen molar-refractivity contribution < 1.29 is 10.0 Å². The smallest absolute Gasteiger partial charge is 0.423 e. The van der Waals surface area contributed by atoms with Gasteiger partial charge in [-0.1, -0.05) is 45.7 Å². The quantitative estimate of drug-likeness (QED) is 0.786. The van der Waals surface area contributed by atoms with Crippen molar-refractivity contribution >= 4 is 50.9 Å². The molecule has 76 valence electrons. The van der Waals surface area contributed by atoms with Crippen LogP contribution in [0.4, 0.5) is 0 Å². The van der Waals surface area contributed by atoms with Crippen LogP contribution in [-0.2, 0) is 0 Å². The standard InChI is InChI=1S/C10H7BBrClO2/c12-8-5-7(11(14)15)4-6-2-1-3-9(13)10(6)8/h1-5,14-15H. The Bertz CT molecular complexity index is 516. The molecule has 15 heavy (non-hydrogen) atoms. The second-order valence-electron chi connectivity index (χ2n) is 3.21. The Balaban J connectivity index is 2.78. The van der Waals surface area contributed by atoms with Crippen LogP contribution in [0.2, 0.25) is 5.02 Å². The zero-order valence-electron chi connectivity index (χ0n) is 7.61. The van der Waals surface area contributed by atoms with Crippen LogP contribution in [0.5, 0.6) is 0 Å². The van der Waals surface area contributed by atoms with Crippen LogP contribution in [0.15, 0.2) is 34.8 Å². The first-order chi connectivity index (χ1) is 7.09. The molecule has 2 aromatic rings. The van der Waals surface area contributed by atoms with E-state index in [1.165, 1.54) is 0 Å². The summed E-state index contributed by atoms with van der Waals surface area (Å²) >= 11 is 9.40. The first-order valence-electron chi connectivity index (χ1n) is 4.33. The van der Waals surface area contributed by atoms with Crippen LogP contribution >= 0.6 is 27.5 Å². The van der Waals surface area contributed by atoms with Gasteiger partial charge in [-0.3, -0.25) is 0 Å². The molecule has 2 nitrogen and oxygen atoms in total. The van der Waals surface area contributed by atoms with E-state index < -0.39 is 7.12 Å². The van der Waals surface area contributed by atoms with Crippen molar-refractivity contribution in [3.05, 3.63) is 39.8 Å². The Morgan fingerprint density at radius 2 is 1.93 bits per heavy atom. The first-order valence-corrected chi connectivity index (χ1v) is 5.50. The summed E-state index contributed by atoms with van der Waals surface area (Å²) in [5.41, 5.74) is 0.441. The fraction of sp³-hybridized carbons (Fsp3) is 0. The van der Waals surface area contributed by atoms with Gasteiger partial charge in [-0.15, -0.1) is 0 Å². The van der Waals surface area contributed by atoms with Gasteiger partial charge in [-0.2, -0.15) is 0 Å². The number of rotatable bonds is 1. The van der Waals surface area contributed by atoms with E-state index in [0.29, 0.717) is 10.5 Å². The summed E-state index contributed by atoms with van der Waals surface area (Å²) in [5, 5.41) is 20.5. The van der Waals surface area contributed by atoms with E-state index in [1.54, 1.807) is 18.2 Å². The summed E-state index contributed by atoms with van der Waals surface area (Å²) in [6, 6.07) is 8.85. The molecule has 0 unspecified atom stereocenters. The Hall–Kier alpha value is -0.545. The Morgan fingerprint density at radius 3 is 2.60 bits per heavy atom. The molecule has 0 aliphatic heterocycles. The van der Waals surface area contributed by atoms with Crippen LogP contribution in [0.1, 0.15) is 0 Å². The molecule has 0 atom stereocenters. The van der Waals surface area contributed by atoms with Crippen LogP contribution in [0, 0.1) is 0 Å². The normalized spacial score (nSPS) is 10.7. The highest BCUT2D eigenvalue weighted by atomic mass is 79.9. The lowest BCUT2D eigenvalue weighted by atomic mass is 9.79. The van der Waals surface area contributed by atoms with E-state index >= 15 is 0 Å². The van der Waals surface area contributed by atoms with Gasteiger partial charge in [0.25, 0.3) is 0 Å². The largest absolute Gasteiger partial charge is 0.488 e. The number of fused-ring (bicyclic) bond motifs is 1. The maximum Gasteiger partial charge on any atom is 0.488 e. The van der Waals surface area contributed by atoms with Crippen LogP contribution in [0.3, 0.4) is 0 Å². The third-order valence-corrected chi connectivity index (χ3v) is 3.14. The molecular weight excluding hydrogens is 278 g/mol. The van der Waals surface area contributed by atoms with E-state index in [2.05, 4.69) is 15.9 Å². The fourth-order valence-electron chi connectivity index (χ4n) is 1.50. The van der Waals surface area contributed by atoms with Crippen molar-refractivity contribution in [2.45, 2.75) is 0 Å². The number of hydrogen-bond acceptors (Lipinski definition) is 2. The molecule has 0 fully saturated rings. The Kier molecular flexibility index (Phi) is 3.02. The molecule has 2 aromatic carbocycles. The molecule has 0 spiro atoms. The molecule has 0 bridgehead atoms.